The number of carbonyl (C=O) groups excluding carboxylic acids is 1. The lowest BCUT2D eigenvalue weighted by atomic mass is 10.1. The fraction of sp³-hybridized carbons (Fsp3) is 0.300. The van der Waals surface area contributed by atoms with E-state index in [-0.39, 0.29) is 22.5 Å². The van der Waals surface area contributed by atoms with Gasteiger partial charge in [-0.2, -0.15) is 0 Å². The second-order valence-corrected chi connectivity index (χ2v) is 3.80. The summed E-state index contributed by atoms with van der Waals surface area (Å²) in [7, 11) is 0. The number of ketones is 1. The van der Waals surface area contributed by atoms with Crippen LogP contribution in [0.15, 0.2) is 12.1 Å². The number of rotatable bonds is 0. The molecular formula is C10H8ClFO. The Hall–Kier alpha value is -0.890. The highest BCUT2D eigenvalue weighted by molar-refractivity contribution is 6.34. The van der Waals surface area contributed by atoms with Gasteiger partial charge in [-0.15, -0.1) is 0 Å². The Bertz CT molecular complexity index is 387. The summed E-state index contributed by atoms with van der Waals surface area (Å²) >= 11 is 5.77. The van der Waals surface area contributed by atoms with Crippen LogP contribution in [0.1, 0.15) is 22.8 Å². The van der Waals surface area contributed by atoms with Crippen molar-refractivity contribution in [3.8, 4) is 0 Å². The largest absolute Gasteiger partial charge is 0.294 e. The van der Waals surface area contributed by atoms with Gasteiger partial charge in [0.15, 0.2) is 5.78 Å². The van der Waals surface area contributed by atoms with Gasteiger partial charge in [-0.1, -0.05) is 18.5 Å². The Kier molecular flexibility index (Phi) is 1.88. The highest BCUT2D eigenvalue weighted by Crippen LogP contribution is 2.32. The van der Waals surface area contributed by atoms with E-state index in [1.807, 2.05) is 6.92 Å². The van der Waals surface area contributed by atoms with Gasteiger partial charge in [0.05, 0.1) is 5.02 Å². The van der Waals surface area contributed by atoms with E-state index in [0.717, 1.165) is 5.56 Å². The number of carbonyl (C=O) groups is 1. The molecule has 1 atom stereocenters. The number of Topliss-reactive ketones (excluding diaryl/α,β-unsaturated/α-hetero) is 1. The van der Waals surface area contributed by atoms with E-state index in [0.29, 0.717) is 12.0 Å². The van der Waals surface area contributed by atoms with Gasteiger partial charge in [0, 0.05) is 11.5 Å². The molecule has 1 aromatic rings. The van der Waals surface area contributed by atoms with Crippen LogP contribution in [0.5, 0.6) is 0 Å². The Morgan fingerprint density at radius 1 is 1.54 bits per heavy atom. The summed E-state index contributed by atoms with van der Waals surface area (Å²) in [6.45, 7) is 1.83. The molecule has 0 saturated carbocycles. The molecule has 0 heterocycles. The predicted octanol–water partition coefficient (Wildman–Crippen LogP) is 2.85. The molecule has 2 rings (SSSR count). The minimum atomic E-state index is -0.370. The van der Waals surface area contributed by atoms with E-state index < -0.39 is 0 Å². The Morgan fingerprint density at radius 3 is 2.92 bits per heavy atom. The third-order valence-electron chi connectivity index (χ3n) is 2.36. The summed E-state index contributed by atoms with van der Waals surface area (Å²) in [5, 5.41) is 0.240. The first-order valence-corrected chi connectivity index (χ1v) is 4.49. The van der Waals surface area contributed by atoms with E-state index in [1.54, 1.807) is 0 Å². The molecule has 68 valence electrons. The Labute approximate surface area is 80.5 Å². The molecule has 0 fully saturated rings. The second kappa shape index (κ2) is 2.81. The fourth-order valence-corrected chi connectivity index (χ4v) is 2.05. The van der Waals surface area contributed by atoms with Crippen LogP contribution in [0.4, 0.5) is 4.39 Å². The van der Waals surface area contributed by atoms with Crippen molar-refractivity contribution in [2.75, 3.05) is 0 Å². The quantitative estimate of drug-likeness (QED) is 0.627. The first-order chi connectivity index (χ1) is 6.09. The summed E-state index contributed by atoms with van der Waals surface area (Å²) in [4.78, 5) is 11.5. The van der Waals surface area contributed by atoms with Gasteiger partial charge in [0.25, 0.3) is 0 Å². The number of hydrogen-bond donors (Lipinski definition) is 0. The van der Waals surface area contributed by atoms with E-state index in [9.17, 15) is 9.18 Å². The number of benzene rings is 1. The molecule has 0 aromatic heterocycles. The molecular weight excluding hydrogens is 191 g/mol. The van der Waals surface area contributed by atoms with Crippen LogP contribution >= 0.6 is 11.6 Å². The zero-order chi connectivity index (χ0) is 9.59. The molecule has 0 saturated heterocycles. The van der Waals surface area contributed by atoms with Crippen molar-refractivity contribution in [1.29, 1.82) is 0 Å². The molecule has 0 bridgehead atoms. The van der Waals surface area contributed by atoms with Crippen molar-refractivity contribution in [3.63, 3.8) is 0 Å². The normalized spacial score (nSPS) is 20.5. The van der Waals surface area contributed by atoms with Crippen LogP contribution in [0, 0.1) is 11.7 Å². The summed E-state index contributed by atoms with van der Waals surface area (Å²) in [5.41, 5.74) is 1.25. The molecule has 1 aliphatic carbocycles. The standard InChI is InChI=1S/C10H8ClFO/c1-5-2-6-3-7(12)4-8(11)9(6)10(5)13/h3-5H,2H2,1H3. The van der Waals surface area contributed by atoms with Crippen LogP contribution in [-0.2, 0) is 6.42 Å². The lowest BCUT2D eigenvalue weighted by Crippen LogP contribution is -2.03. The number of halogens is 2. The van der Waals surface area contributed by atoms with Crippen LogP contribution < -0.4 is 0 Å². The third kappa shape index (κ3) is 1.25. The fourth-order valence-electron chi connectivity index (χ4n) is 1.73. The molecule has 0 spiro atoms. The van der Waals surface area contributed by atoms with E-state index in [2.05, 4.69) is 0 Å². The minimum absolute atomic E-state index is 0.0278. The van der Waals surface area contributed by atoms with Crippen molar-refractivity contribution in [1.82, 2.24) is 0 Å². The molecule has 13 heavy (non-hydrogen) atoms. The van der Waals surface area contributed by atoms with Crippen molar-refractivity contribution >= 4 is 17.4 Å². The third-order valence-corrected chi connectivity index (χ3v) is 2.65. The zero-order valence-electron chi connectivity index (χ0n) is 7.10. The molecule has 1 aromatic carbocycles. The molecule has 1 nitrogen and oxygen atoms in total. The Balaban J connectivity index is 2.64. The maximum absolute atomic E-state index is 12.9. The maximum atomic E-state index is 12.9. The lowest BCUT2D eigenvalue weighted by Gasteiger charge is -1.99. The summed E-state index contributed by atoms with van der Waals surface area (Å²) in [5.74, 6) is -0.403. The van der Waals surface area contributed by atoms with Gasteiger partial charge in [-0.3, -0.25) is 4.79 Å². The SMILES string of the molecule is CC1Cc2cc(F)cc(Cl)c2C1=O. The number of hydrogen-bond acceptors (Lipinski definition) is 1. The van der Waals surface area contributed by atoms with Crippen LogP contribution in [-0.4, -0.2) is 5.78 Å². The lowest BCUT2D eigenvalue weighted by molar-refractivity contribution is 0.0946. The maximum Gasteiger partial charge on any atom is 0.167 e. The van der Waals surface area contributed by atoms with Gasteiger partial charge in [-0.05, 0) is 24.1 Å². The molecule has 0 amide bonds. The molecule has 0 aliphatic heterocycles. The van der Waals surface area contributed by atoms with Gasteiger partial charge in [0.1, 0.15) is 5.82 Å². The van der Waals surface area contributed by atoms with E-state index in [4.69, 9.17) is 11.6 Å². The summed E-state index contributed by atoms with van der Waals surface area (Å²) in [6, 6.07) is 2.58. The number of fused-ring (bicyclic) bond motifs is 1. The van der Waals surface area contributed by atoms with Gasteiger partial charge in [0.2, 0.25) is 0 Å². The first-order valence-electron chi connectivity index (χ1n) is 4.11. The van der Waals surface area contributed by atoms with Crippen molar-refractivity contribution < 1.29 is 9.18 Å². The minimum Gasteiger partial charge on any atom is -0.294 e. The van der Waals surface area contributed by atoms with Crippen molar-refractivity contribution in [2.45, 2.75) is 13.3 Å². The van der Waals surface area contributed by atoms with Gasteiger partial charge < -0.3 is 0 Å². The van der Waals surface area contributed by atoms with Crippen molar-refractivity contribution in [2.24, 2.45) is 5.92 Å². The Morgan fingerprint density at radius 2 is 2.23 bits per heavy atom. The summed E-state index contributed by atoms with van der Waals surface area (Å²) in [6.07, 6.45) is 0.603. The zero-order valence-corrected chi connectivity index (χ0v) is 7.86. The highest BCUT2D eigenvalue weighted by atomic mass is 35.5. The molecule has 1 aliphatic rings. The average molecular weight is 199 g/mol. The summed E-state index contributed by atoms with van der Waals surface area (Å²) < 4.78 is 12.9. The van der Waals surface area contributed by atoms with Crippen LogP contribution in [0.2, 0.25) is 5.02 Å². The topological polar surface area (TPSA) is 17.1 Å². The average Bonchev–Trinajstić information content (AvgIpc) is 2.27. The van der Waals surface area contributed by atoms with E-state index >= 15 is 0 Å². The first kappa shape index (κ1) is 8.70. The van der Waals surface area contributed by atoms with Crippen LogP contribution in [0.3, 0.4) is 0 Å². The van der Waals surface area contributed by atoms with Crippen molar-refractivity contribution in [3.05, 3.63) is 34.1 Å². The molecule has 0 radical (unpaired) electrons. The smallest absolute Gasteiger partial charge is 0.167 e. The highest BCUT2D eigenvalue weighted by Gasteiger charge is 2.29. The molecule has 1 unspecified atom stereocenters. The second-order valence-electron chi connectivity index (χ2n) is 3.39. The predicted molar refractivity (Wildman–Crippen MR) is 48.6 cm³/mol. The monoisotopic (exact) mass is 198 g/mol. The molecule has 0 N–H and O–H groups in total. The van der Waals surface area contributed by atoms with Crippen LogP contribution in [0.25, 0.3) is 0 Å². The van der Waals surface area contributed by atoms with Gasteiger partial charge >= 0.3 is 0 Å². The van der Waals surface area contributed by atoms with E-state index in [1.165, 1.54) is 12.1 Å². The van der Waals surface area contributed by atoms with Gasteiger partial charge in [-0.25, -0.2) is 4.39 Å². The molecule has 3 heteroatoms.